The summed E-state index contributed by atoms with van der Waals surface area (Å²) < 4.78 is 0. The number of benzene rings is 2. The van der Waals surface area contributed by atoms with Gasteiger partial charge in [-0.1, -0.05) is 48.0 Å². The maximum atomic E-state index is 12.2. The minimum atomic E-state index is -0.488. The van der Waals surface area contributed by atoms with E-state index in [1.165, 1.54) is 5.06 Å². The van der Waals surface area contributed by atoms with Crippen molar-refractivity contribution in [1.29, 1.82) is 0 Å². The lowest BCUT2D eigenvalue weighted by Gasteiger charge is -2.17. The van der Waals surface area contributed by atoms with E-state index in [2.05, 4.69) is 10.2 Å². The standard InChI is InChI=1S/C19H20ClN3O2/c1-19(2)13-25-23(18(19)24)12-15-8-9-16(10-17(15)20)22-21-11-14-6-4-3-5-7-14/h3-10H,11-13H2,1-2H3. The predicted molar refractivity (Wildman–Crippen MR) is 96.4 cm³/mol. The summed E-state index contributed by atoms with van der Waals surface area (Å²) in [6, 6.07) is 15.3. The summed E-state index contributed by atoms with van der Waals surface area (Å²) >= 11 is 6.33. The highest BCUT2D eigenvalue weighted by Crippen LogP contribution is 2.30. The van der Waals surface area contributed by atoms with Crippen molar-refractivity contribution in [3.05, 3.63) is 64.7 Å². The first-order valence-corrected chi connectivity index (χ1v) is 8.48. The quantitative estimate of drug-likeness (QED) is 0.713. The molecule has 0 radical (unpaired) electrons. The molecule has 0 aliphatic carbocycles. The van der Waals surface area contributed by atoms with E-state index in [0.717, 1.165) is 11.1 Å². The SMILES string of the molecule is CC1(C)CON(Cc2ccc(N=NCc3ccccc3)cc2Cl)C1=O. The van der Waals surface area contributed by atoms with Crippen LogP contribution in [0.2, 0.25) is 5.02 Å². The summed E-state index contributed by atoms with van der Waals surface area (Å²) in [5, 5.41) is 10.3. The van der Waals surface area contributed by atoms with Gasteiger partial charge in [0, 0.05) is 5.02 Å². The van der Waals surface area contributed by atoms with Gasteiger partial charge in [0.15, 0.2) is 0 Å². The fourth-order valence-corrected chi connectivity index (χ4v) is 2.71. The van der Waals surface area contributed by atoms with E-state index in [9.17, 15) is 4.79 Å². The minimum absolute atomic E-state index is 0.0322. The summed E-state index contributed by atoms with van der Waals surface area (Å²) in [7, 11) is 0. The minimum Gasteiger partial charge on any atom is -0.272 e. The van der Waals surface area contributed by atoms with Crippen molar-refractivity contribution in [2.75, 3.05) is 6.61 Å². The average molecular weight is 358 g/mol. The van der Waals surface area contributed by atoms with Crippen LogP contribution in [0.15, 0.2) is 58.8 Å². The lowest BCUT2D eigenvalue weighted by molar-refractivity contribution is -0.165. The second-order valence-electron chi connectivity index (χ2n) is 6.66. The van der Waals surface area contributed by atoms with Crippen LogP contribution in [0.5, 0.6) is 0 Å². The van der Waals surface area contributed by atoms with Gasteiger partial charge in [0.2, 0.25) is 0 Å². The second kappa shape index (κ2) is 7.33. The van der Waals surface area contributed by atoms with Gasteiger partial charge in [-0.25, -0.2) is 5.06 Å². The zero-order chi connectivity index (χ0) is 17.9. The highest BCUT2D eigenvalue weighted by molar-refractivity contribution is 6.31. The number of hydroxylamine groups is 2. The van der Waals surface area contributed by atoms with Gasteiger partial charge < -0.3 is 0 Å². The van der Waals surface area contributed by atoms with Crippen LogP contribution in [0.25, 0.3) is 0 Å². The number of nitrogens with zero attached hydrogens (tertiary/aromatic N) is 3. The van der Waals surface area contributed by atoms with Crippen LogP contribution in [0, 0.1) is 5.41 Å². The van der Waals surface area contributed by atoms with Crippen molar-refractivity contribution < 1.29 is 9.63 Å². The first-order valence-electron chi connectivity index (χ1n) is 8.10. The Bertz CT molecular complexity index is 791. The molecular weight excluding hydrogens is 338 g/mol. The van der Waals surface area contributed by atoms with Gasteiger partial charge in [-0.05, 0) is 37.1 Å². The molecule has 5 nitrogen and oxygen atoms in total. The molecule has 130 valence electrons. The van der Waals surface area contributed by atoms with Crippen LogP contribution in [0.1, 0.15) is 25.0 Å². The van der Waals surface area contributed by atoms with Gasteiger partial charge in [0.25, 0.3) is 5.91 Å². The van der Waals surface area contributed by atoms with Gasteiger partial charge in [-0.2, -0.15) is 10.2 Å². The predicted octanol–water partition coefficient (Wildman–Crippen LogP) is 4.92. The lowest BCUT2D eigenvalue weighted by Crippen LogP contribution is -2.30. The number of amides is 1. The van der Waals surface area contributed by atoms with Crippen molar-refractivity contribution in [3.63, 3.8) is 0 Å². The highest BCUT2D eigenvalue weighted by Gasteiger charge is 2.40. The largest absolute Gasteiger partial charge is 0.272 e. The Labute approximate surface area is 152 Å². The topological polar surface area (TPSA) is 54.3 Å². The first-order chi connectivity index (χ1) is 12.0. The number of carbonyl (C=O) groups excluding carboxylic acids is 1. The van der Waals surface area contributed by atoms with Crippen molar-refractivity contribution in [2.45, 2.75) is 26.9 Å². The van der Waals surface area contributed by atoms with Crippen LogP contribution < -0.4 is 0 Å². The number of azo groups is 1. The summed E-state index contributed by atoms with van der Waals surface area (Å²) in [4.78, 5) is 17.7. The normalized spacial score (nSPS) is 16.8. The molecule has 2 aromatic carbocycles. The van der Waals surface area contributed by atoms with Gasteiger partial charge in [0.1, 0.15) is 0 Å². The molecule has 0 saturated carbocycles. The average Bonchev–Trinajstić information content (AvgIpc) is 2.85. The Hall–Kier alpha value is -2.24. The zero-order valence-corrected chi connectivity index (χ0v) is 15.0. The Morgan fingerprint density at radius 3 is 2.60 bits per heavy atom. The molecule has 1 aliphatic rings. The van der Waals surface area contributed by atoms with E-state index in [4.69, 9.17) is 16.4 Å². The van der Waals surface area contributed by atoms with Gasteiger partial charge >= 0.3 is 0 Å². The van der Waals surface area contributed by atoms with E-state index < -0.39 is 5.41 Å². The number of halogens is 1. The maximum Gasteiger partial charge on any atom is 0.254 e. The van der Waals surface area contributed by atoms with E-state index in [1.807, 2.05) is 56.3 Å². The van der Waals surface area contributed by atoms with E-state index in [-0.39, 0.29) is 5.91 Å². The summed E-state index contributed by atoms with van der Waals surface area (Å²) in [5.41, 5.74) is 2.10. The van der Waals surface area contributed by atoms with Gasteiger partial charge in [-0.15, -0.1) is 0 Å². The molecule has 0 bridgehead atoms. The lowest BCUT2D eigenvalue weighted by atomic mass is 9.95. The Balaban J connectivity index is 1.64. The molecule has 2 aromatic rings. The monoisotopic (exact) mass is 357 g/mol. The summed E-state index contributed by atoms with van der Waals surface area (Å²) in [6.45, 7) is 4.96. The molecule has 0 N–H and O–H groups in total. The summed E-state index contributed by atoms with van der Waals surface area (Å²) in [6.07, 6.45) is 0. The molecule has 3 rings (SSSR count). The van der Waals surface area contributed by atoms with Crippen molar-refractivity contribution >= 4 is 23.2 Å². The summed E-state index contributed by atoms with van der Waals surface area (Å²) in [5.74, 6) is -0.0322. The van der Waals surface area contributed by atoms with Gasteiger partial charge in [0.05, 0.1) is 30.8 Å². The highest BCUT2D eigenvalue weighted by atomic mass is 35.5. The van der Waals surface area contributed by atoms with Crippen molar-refractivity contribution in [3.8, 4) is 0 Å². The molecule has 0 unspecified atom stereocenters. The molecule has 25 heavy (non-hydrogen) atoms. The Kier molecular flexibility index (Phi) is 5.16. The number of rotatable bonds is 5. The molecular formula is C19H20ClN3O2. The number of hydrogen-bond donors (Lipinski definition) is 0. The smallest absolute Gasteiger partial charge is 0.254 e. The maximum absolute atomic E-state index is 12.2. The molecule has 1 fully saturated rings. The van der Waals surface area contributed by atoms with Crippen LogP contribution >= 0.6 is 11.6 Å². The fraction of sp³-hybridized carbons (Fsp3) is 0.316. The molecule has 1 aliphatic heterocycles. The van der Waals surface area contributed by atoms with Gasteiger partial charge in [-0.3, -0.25) is 9.63 Å². The van der Waals surface area contributed by atoms with E-state index in [1.54, 1.807) is 6.07 Å². The third kappa shape index (κ3) is 4.24. The van der Waals surface area contributed by atoms with Crippen LogP contribution in [-0.2, 0) is 22.7 Å². The van der Waals surface area contributed by atoms with E-state index in [0.29, 0.717) is 30.4 Å². The molecule has 1 heterocycles. The van der Waals surface area contributed by atoms with Crippen LogP contribution in [-0.4, -0.2) is 17.6 Å². The molecule has 0 atom stereocenters. The molecule has 1 saturated heterocycles. The molecule has 0 aromatic heterocycles. The van der Waals surface area contributed by atoms with Crippen molar-refractivity contribution in [2.24, 2.45) is 15.6 Å². The van der Waals surface area contributed by atoms with E-state index >= 15 is 0 Å². The number of carbonyl (C=O) groups is 1. The second-order valence-corrected chi connectivity index (χ2v) is 7.07. The van der Waals surface area contributed by atoms with Crippen molar-refractivity contribution in [1.82, 2.24) is 5.06 Å². The van der Waals surface area contributed by atoms with Crippen LogP contribution in [0.3, 0.4) is 0 Å². The van der Waals surface area contributed by atoms with Crippen LogP contribution in [0.4, 0.5) is 5.69 Å². The Morgan fingerprint density at radius 1 is 1.20 bits per heavy atom. The third-order valence-corrected chi connectivity index (χ3v) is 4.37. The zero-order valence-electron chi connectivity index (χ0n) is 14.3. The third-order valence-electron chi connectivity index (χ3n) is 4.02. The molecule has 1 amide bonds. The molecule has 0 spiro atoms. The first kappa shape index (κ1) is 17.6. The molecule has 6 heteroatoms. The Morgan fingerprint density at radius 2 is 1.96 bits per heavy atom. The number of hydrogen-bond acceptors (Lipinski definition) is 4. The fourth-order valence-electron chi connectivity index (χ4n) is 2.48.